The van der Waals surface area contributed by atoms with Crippen LogP contribution in [0.25, 0.3) is 10.8 Å². The molecule has 0 aliphatic rings. The van der Waals surface area contributed by atoms with Gasteiger partial charge < -0.3 is 0 Å². The Morgan fingerprint density at radius 2 is 1.79 bits per heavy atom. The third kappa shape index (κ3) is 3.73. The average molecular weight is 348 g/mol. The van der Waals surface area contributed by atoms with Crippen molar-refractivity contribution in [1.29, 1.82) is 0 Å². The van der Waals surface area contributed by atoms with Crippen molar-refractivity contribution in [2.45, 2.75) is 11.3 Å². The fourth-order valence-electron chi connectivity index (χ4n) is 2.14. The molecule has 0 saturated carbocycles. The van der Waals surface area contributed by atoms with Gasteiger partial charge in [-0.1, -0.05) is 48.2 Å². The molecule has 0 aliphatic carbocycles. The molecule has 0 bridgehead atoms. The highest BCUT2D eigenvalue weighted by molar-refractivity contribution is 7.99. The first kappa shape index (κ1) is 16.4. The number of benzene rings is 2. The van der Waals surface area contributed by atoms with E-state index < -0.39 is 11.9 Å². The van der Waals surface area contributed by atoms with Gasteiger partial charge >= 0.3 is 6.18 Å². The first-order valence-corrected chi connectivity index (χ1v) is 7.97. The van der Waals surface area contributed by atoms with Crippen LogP contribution in [0.3, 0.4) is 0 Å². The number of thioether (sulfide) groups is 1. The lowest BCUT2D eigenvalue weighted by Crippen LogP contribution is -2.09. The fraction of sp³-hybridized carbons (Fsp3) is 0.118. The molecule has 1 aromatic heterocycles. The Morgan fingerprint density at radius 1 is 1.04 bits per heavy atom. The van der Waals surface area contributed by atoms with Gasteiger partial charge in [-0.2, -0.15) is 13.2 Å². The second-order valence-corrected chi connectivity index (χ2v) is 5.94. The molecule has 1 heterocycles. The van der Waals surface area contributed by atoms with Crippen LogP contribution in [-0.4, -0.2) is 21.5 Å². The van der Waals surface area contributed by atoms with E-state index in [-0.39, 0.29) is 16.7 Å². The van der Waals surface area contributed by atoms with Crippen molar-refractivity contribution in [1.82, 2.24) is 9.97 Å². The van der Waals surface area contributed by atoms with Crippen molar-refractivity contribution >= 4 is 28.3 Å². The highest BCUT2D eigenvalue weighted by atomic mass is 32.2. The number of fused-ring (bicyclic) bond motifs is 1. The molecule has 3 nitrogen and oxygen atoms in total. The third-order valence-corrected chi connectivity index (χ3v) is 4.19. The van der Waals surface area contributed by atoms with Gasteiger partial charge in [0, 0.05) is 11.8 Å². The molecule has 0 unspecified atom stereocenters. The molecule has 2 aromatic carbocycles. The van der Waals surface area contributed by atoms with Crippen LogP contribution in [-0.2, 0) is 6.18 Å². The molecule has 0 amide bonds. The molecule has 3 rings (SSSR count). The summed E-state index contributed by atoms with van der Waals surface area (Å²) in [7, 11) is 0. The fourth-order valence-corrected chi connectivity index (χ4v) is 2.87. The van der Waals surface area contributed by atoms with E-state index in [0.717, 1.165) is 34.8 Å². The van der Waals surface area contributed by atoms with Gasteiger partial charge in [-0.15, -0.1) is 0 Å². The normalized spacial score (nSPS) is 11.6. The molecule has 0 saturated heterocycles. The van der Waals surface area contributed by atoms with Crippen LogP contribution in [0.4, 0.5) is 13.2 Å². The van der Waals surface area contributed by atoms with E-state index in [9.17, 15) is 18.0 Å². The molecule has 7 heteroatoms. The van der Waals surface area contributed by atoms with Crippen LogP contribution in [0.15, 0.2) is 59.9 Å². The highest BCUT2D eigenvalue weighted by Gasteiger charge is 2.32. The summed E-state index contributed by atoms with van der Waals surface area (Å²) in [6.45, 7) is 0. The summed E-state index contributed by atoms with van der Waals surface area (Å²) in [6, 6.07) is 13.7. The highest BCUT2D eigenvalue weighted by Crippen LogP contribution is 2.28. The SMILES string of the molecule is O=C(CSc1nccc(C(F)(F)F)n1)c1ccc2ccccc2c1. The lowest BCUT2D eigenvalue weighted by molar-refractivity contribution is -0.141. The maximum absolute atomic E-state index is 12.6. The molecular formula is C17H11F3N2OS. The van der Waals surface area contributed by atoms with Crippen molar-refractivity contribution in [3.63, 3.8) is 0 Å². The van der Waals surface area contributed by atoms with E-state index in [1.165, 1.54) is 0 Å². The minimum absolute atomic E-state index is 0.0281. The summed E-state index contributed by atoms with van der Waals surface area (Å²) in [6.07, 6.45) is -3.49. The van der Waals surface area contributed by atoms with Crippen LogP contribution in [0.5, 0.6) is 0 Å². The van der Waals surface area contributed by atoms with Gasteiger partial charge in [-0.25, -0.2) is 9.97 Å². The minimum Gasteiger partial charge on any atom is -0.293 e. The Kier molecular flexibility index (Phi) is 4.53. The summed E-state index contributed by atoms with van der Waals surface area (Å²) in [5.74, 6) is -0.216. The Bertz CT molecular complexity index is 896. The standard InChI is InChI=1S/C17H11F3N2OS/c18-17(19,20)15-7-8-21-16(22-15)24-10-14(23)13-6-5-11-3-1-2-4-12(11)9-13/h1-9H,10H2. The number of hydrogen-bond acceptors (Lipinski definition) is 4. The van der Waals surface area contributed by atoms with Gasteiger partial charge in [0.15, 0.2) is 10.9 Å². The molecule has 0 N–H and O–H groups in total. The first-order valence-electron chi connectivity index (χ1n) is 6.98. The molecule has 0 spiro atoms. The van der Waals surface area contributed by atoms with Crippen molar-refractivity contribution in [2.75, 3.05) is 5.75 Å². The second-order valence-electron chi connectivity index (χ2n) is 5.00. The lowest BCUT2D eigenvalue weighted by atomic mass is 10.1. The summed E-state index contributed by atoms with van der Waals surface area (Å²) >= 11 is 0.887. The smallest absolute Gasteiger partial charge is 0.293 e. The second kappa shape index (κ2) is 6.60. The van der Waals surface area contributed by atoms with E-state index in [1.54, 1.807) is 12.1 Å². The molecule has 122 valence electrons. The Labute approximate surface area is 139 Å². The summed E-state index contributed by atoms with van der Waals surface area (Å²) in [5.41, 5.74) is -0.508. The van der Waals surface area contributed by atoms with Gasteiger partial charge in [0.1, 0.15) is 5.69 Å². The maximum Gasteiger partial charge on any atom is 0.433 e. The molecule has 24 heavy (non-hydrogen) atoms. The molecular weight excluding hydrogens is 337 g/mol. The third-order valence-electron chi connectivity index (χ3n) is 3.33. The van der Waals surface area contributed by atoms with Gasteiger partial charge in [-0.05, 0) is 22.9 Å². The van der Waals surface area contributed by atoms with Gasteiger partial charge in [0.05, 0.1) is 5.75 Å². The number of aromatic nitrogens is 2. The Hall–Kier alpha value is -2.41. The van der Waals surface area contributed by atoms with Gasteiger partial charge in [0.2, 0.25) is 0 Å². The van der Waals surface area contributed by atoms with Crippen molar-refractivity contribution in [3.05, 3.63) is 66.0 Å². The van der Waals surface area contributed by atoms with Crippen molar-refractivity contribution in [2.24, 2.45) is 0 Å². The van der Waals surface area contributed by atoms with Crippen LogP contribution >= 0.6 is 11.8 Å². The topological polar surface area (TPSA) is 42.9 Å². The number of halogens is 3. The van der Waals surface area contributed by atoms with Crippen molar-refractivity contribution in [3.8, 4) is 0 Å². The number of hydrogen-bond donors (Lipinski definition) is 0. The van der Waals surface area contributed by atoms with Crippen LogP contribution in [0.2, 0.25) is 0 Å². The monoisotopic (exact) mass is 348 g/mol. The van der Waals surface area contributed by atoms with Crippen LogP contribution in [0.1, 0.15) is 16.1 Å². The average Bonchev–Trinajstić information content (AvgIpc) is 2.59. The lowest BCUT2D eigenvalue weighted by Gasteiger charge is -2.06. The van der Waals surface area contributed by atoms with Crippen LogP contribution in [0, 0.1) is 0 Å². The molecule has 0 aliphatic heterocycles. The van der Waals surface area contributed by atoms with Crippen LogP contribution < -0.4 is 0 Å². The predicted molar refractivity (Wildman–Crippen MR) is 86.0 cm³/mol. The maximum atomic E-state index is 12.6. The van der Waals surface area contributed by atoms with E-state index in [0.29, 0.717) is 5.56 Å². The molecule has 0 radical (unpaired) electrons. The Balaban J connectivity index is 1.73. The number of alkyl halides is 3. The molecule has 0 atom stereocenters. The zero-order valence-electron chi connectivity index (χ0n) is 12.2. The van der Waals surface area contributed by atoms with Gasteiger partial charge in [0.25, 0.3) is 0 Å². The molecule has 0 fully saturated rings. The predicted octanol–water partition coefficient (Wildman–Crippen LogP) is 4.62. The summed E-state index contributed by atoms with van der Waals surface area (Å²) < 4.78 is 37.8. The van der Waals surface area contributed by atoms with E-state index in [4.69, 9.17) is 0 Å². The number of carbonyl (C=O) groups excluding carboxylic acids is 1. The zero-order valence-corrected chi connectivity index (χ0v) is 13.1. The quantitative estimate of drug-likeness (QED) is 0.392. The van der Waals surface area contributed by atoms with E-state index in [1.807, 2.05) is 30.3 Å². The number of Topliss-reactive ketones (excluding diaryl/α,β-unsaturated/α-hetero) is 1. The Morgan fingerprint density at radius 3 is 2.54 bits per heavy atom. The van der Waals surface area contributed by atoms with E-state index >= 15 is 0 Å². The molecule has 3 aromatic rings. The summed E-state index contributed by atoms with van der Waals surface area (Å²) in [4.78, 5) is 19.4. The first-order chi connectivity index (χ1) is 11.4. The van der Waals surface area contributed by atoms with E-state index in [2.05, 4.69) is 9.97 Å². The summed E-state index contributed by atoms with van der Waals surface area (Å²) in [5, 5.41) is 1.88. The number of ketones is 1. The van der Waals surface area contributed by atoms with Crippen molar-refractivity contribution < 1.29 is 18.0 Å². The number of nitrogens with zero attached hydrogens (tertiary/aromatic N) is 2. The largest absolute Gasteiger partial charge is 0.433 e. The number of carbonyl (C=O) groups is 1. The minimum atomic E-state index is -4.53. The number of rotatable bonds is 4. The van der Waals surface area contributed by atoms with Gasteiger partial charge in [-0.3, -0.25) is 4.79 Å². The zero-order chi connectivity index (χ0) is 17.2.